The Morgan fingerprint density at radius 3 is 3.11 bits per heavy atom. The SMILES string of the molecule is Cn1nccc1CNc1cc2c(cc1Cl)NC(=O)C2. The van der Waals surface area contributed by atoms with Crippen molar-refractivity contribution >= 4 is 28.9 Å². The highest BCUT2D eigenvalue weighted by molar-refractivity contribution is 6.33. The Labute approximate surface area is 115 Å². The second-order valence-corrected chi connectivity index (χ2v) is 4.92. The van der Waals surface area contributed by atoms with Crippen LogP contribution in [0.2, 0.25) is 5.02 Å². The zero-order chi connectivity index (χ0) is 13.4. The van der Waals surface area contributed by atoms with E-state index >= 15 is 0 Å². The molecule has 1 aromatic heterocycles. The highest BCUT2D eigenvalue weighted by Gasteiger charge is 2.19. The van der Waals surface area contributed by atoms with E-state index in [2.05, 4.69) is 15.7 Å². The van der Waals surface area contributed by atoms with Crippen molar-refractivity contribution in [2.75, 3.05) is 10.6 Å². The maximum Gasteiger partial charge on any atom is 0.228 e. The summed E-state index contributed by atoms with van der Waals surface area (Å²) in [5.74, 6) is 0.00912. The van der Waals surface area contributed by atoms with Crippen molar-refractivity contribution in [1.82, 2.24) is 9.78 Å². The number of nitrogens with zero attached hydrogens (tertiary/aromatic N) is 2. The fourth-order valence-corrected chi connectivity index (χ4v) is 2.37. The molecule has 0 saturated carbocycles. The summed E-state index contributed by atoms with van der Waals surface area (Å²) in [6, 6.07) is 5.65. The van der Waals surface area contributed by atoms with Crippen LogP contribution < -0.4 is 10.6 Å². The Kier molecular flexibility index (Phi) is 2.91. The fourth-order valence-electron chi connectivity index (χ4n) is 2.14. The Bertz CT molecular complexity index is 650. The largest absolute Gasteiger partial charge is 0.378 e. The number of halogens is 1. The number of benzene rings is 1. The number of amides is 1. The van der Waals surface area contributed by atoms with Gasteiger partial charge in [0.2, 0.25) is 5.91 Å². The number of anilines is 2. The lowest BCUT2D eigenvalue weighted by molar-refractivity contribution is -0.115. The minimum atomic E-state index is 0.00912. The molecule has 0 fully saturated rings. The van der Waals surface area contributed by atoms with Gasteiger partial charge in [-0.05, 0) is 23.8 Å². The summed E-state index contributed by atoms with van der Waals surface area (Å²) >= 11 is 6.20. The van der Waals surface area contributed by atoms with E-state index in [1.807, 2.05) is 19.2 Å². The Morgan fingerprint density at radius 1 is 1.53 bits per heavy atom. The van der Waals surface area contributed by atoms with Crippen LogP contribution in [0.1, 0.15) is 11.3 Å². The van der Waals surface area contributed by atoms with Crippen molar-refractivity contribution in [2.24, 2.45) is 7.05 Å². The van der Waals surface area contributed by atoms with Crippen LogP contribution in [0.3, 0.4) is 0 Å². The van der Waals surface area contributed by atoms with E-state index < -0.39 is 0 Å². The van der Waals surface area contributed by atoms with Crippen molar-refractivity contribution in [2.45, 2.75) is 13.0 Å². The molecular weight excluding hydrogens is 264 g/mol. The second-order valence-electron chi connectivity index (χ2n) is 4.51. The molecule has 5 nitrogen and oxygen atoms in total. The molecule has 0 aliphatic carbocycles. The first-order chi connectivity index (χ1) is 9.13. The molecule has 2 aromatic rings. The Balaban J connectivity index is 1.80. The molecule has 1 aliphatic rings. The molecule has 6 heteroatoms. The van der Waals surface area contributed by atoms with Crippen LogP contribution in [-0.2, 0) is 24.8 Å². The summed E-state index contributed by atoms with van der Waals surface area (Å²) < 4.78 is 1.80. The van der Waals surface area contributed by atoms with Gasteiger partial charge in [0.05, 0.1) is 29.4 Å². The lowest BCUT2D eigenvalue weighted by Crippen LogP contribution is -2.06. The van der Waals surface area contributed by atoms with Gasteiger partial charge in [-0.15, -0.1) is 0 Å². The number of aromatic nitrogens is 2. The zero-order valence-corrected chi connectivity index (χ0v) is 11.2. The van der Waals surface area contributed by atoms with Gasteiger partial charge in [0, 0.05) is 18.9 Å². The van der Waals surface area contributed by atoms with E-state index in [0.29, 0.717) is 18.0 Å². The lowest BCUT2D eigenvalue weighted by Gasteiger charge is -2.10. The molecule has 0 saturated heterocycles. The highest BCUT2D eigenvalue weighted by atomic mass is 35.5. The van der Waals surface area contributed by atoms with E-state index in [-0.39, 0.29) is 5.91 Å². The minimum Gasteiger partial charge on any atom is -0.378 e. The van der Waals surface area contributed by atoms with Gasteiger partial charge < -0.3 is 10.6 Å². The number of rotatable bonds is 3. The number of hydrogen-bond donors (Lipinski definition) is 2. The third-order valence-corrected chi connectivity index (χ3v) is 3.51. The predicted octanol–water partition coefficient (Wildman–Crippen LogP) is 2.18. The average Bonchev–Trinajstić information content (AvgIpc) is 2.91. The molecule has 3 rings (SSSR count). The molecule has 19 heavy (non-hydrogen) atoms. The fraction of sp³-hybridized carbons (Fsp3) is 0.231. The molecule has 1 aliphatic heterocycles. The van der Waals surface area contributed by atoms with Crippen molar-refractivity contribution in [1.29, 1.82) is 0 Å². The van der Waals surface area contributed by atoms with Crippen LogP contribution in [0.15, 0.2) is 24.4 Å². The number of carbonyl (C=O) groups excluding carboxylic acids is 1. The maximum absolute atomic E-state index is 11.3. The van der Waals surface area contributed by atoms with Gasteiger partial charge in [-0.25, -0.2) is 0 Å². The summed E-state index contributed by atoms with van der Waals surface area (Å²) in [5, 5.41) is 10.8. The summed E-state index contributed by atoms with van der Waals surface area (Å²) in [5.41, 5.74) is 3.67. The van der Waals surface area contributed by atoms with E-state index in [1.54, 1.807) is 16.9 Å². The van der Waals surface area contributed by atoms with Crippen molar-refractivity contribution in [3.05, 3.63) is 40.7 Å². The smallest absolute Gasteiger partial charge is 0.228 e. The highest BCUT2D eigenvalue weighted by Crippen LogP contribution is 2.32. The predicted molar refractivity (Wildman–Crippen MR) is 74.3 cm³/mol. The topological polar surface area (TPSA) is 59.0 Å². The van der Waals surface area contributed by atoms with E-state index in [9.17, 15) is 4.79 Å². The number of carbonyl (C=O) groups is 1. The number of nitrogens with one attached hydrogen (secondary N) is 2. The van der Waals surface area contributed by atoms with Gasteiger partial charge in [-0.2, -0.15) is 5.10 Å². The number of fused-ring (bicyclic) bond motifs is 1. The average molecular weight is 277 g/mol. The first-order valence-corrected chi connectivity index (χ1v) is 6.34. The summed E-state index contributed by atoms with van der Waals surface area (Å²) in [7, 11) is 1.89. The molecule has 0 spiro atoms. The third-order valence-electron chi connectivity index (χ3n) is 3.20. The number of aryl methyl sites for hydroxylation is 1. The van der Waals surface area contributed by atoms with Gasteiger partial charge in [0.25, 0.3) is 0 Å². The number of hydrogen-bond acceptors (Lipinski definition) is 3. The molecule has 0 atom stereocenters. The summed E-state index contributed by atoms with van der Waals surface area (Å²) in [6.07, 6.45) is 2.16. The Hall–Kier alpha value is -2.01. The normalized spacial score (nSPS) is 13.3. The quantitative estimate of drug-likeness (QED) is 0.903. The van der Waals surface area contributed by atoms with Crippen LogP contribution in [0, 0.1) is 0 Å². The van der Waals surface area contributed by atoms with Crippen LogP contribution >= 0.6 is 11.6 Å². The van der Waals surface area contributed by atoms with Gasteiger partial charge in [0.15, 0.2) is 0 Å². The van der Waals surface area contributed by atoms with Crippen molar-refractivity contribution in [3.8, 4) is 0 Å². The van der Waals surface area contributed by atoms with Gasteiger partial charge >= 0.3 is 0 Å². The molecule has 0 bridgehead atoms. The van der Waals surface area contributed by atoms with Crippen LogP contribution in [0.5, 0.6) is 0 Å². The molecule has 0 radical (unpaired) electrons. The van der Waals surface area contributed by atoms with E-state index in [0.717, 1.165) is 22.6 Å². The minimum absolute atomic E-state index is 0.00912. The zero-order valence-electron chi connectivity index (χ0n) is 10.4. The van der Waals surface area contributed by atoms with Crippen LogP contribution in [0.4, 0.5) is 11.4 Å². The molecule has 98 valence electrons. The first-order valence-electron chi connectivity index (χ1n) is 5.96. The second kappa shape index (κ2) is 4.59. The Morgan fingerprint density at radius 2 is 2.37 bits per heavy atom. The molecule has 2 N–H and O–H groups in total. The summed E-state index contributed by atoms with van der Waals surface area (Å²) in [6.45, 7) is 0.635. The lowest BCUT2D eigenvalue weighted by atomic mass is 10.1. The molecule has 1 amide bonds. The molecular formula is C13H13ClN4O. The van der Waals surface area contributed by atoms with Gasteiger partial charge in [0.1, 0.15) is 0 Å². The summed E-state index contributed by atoms with van der Waals surface area (Å²) in [4.78, 5) is 11.3. The van der Waals surface area contributed by atoms with Gasteiger partial charge in [-0.1, -0.05) is 11.6 Å². The maximum atomic E-state index is 11.3. The van der Waals surface area contributed by atoms with E-state index in [1.165, 1.54) is 0 Å². The third kappa shape index (κ3) is 2.29. The van der Waals surface area contributed by atoms with E-state index in [4.69, 9.17) is 11.6 Å². The molecule has 0 unspecified atom stereocenters. The van der Waals surface area contributed by atoms with Crippen LogP contribution in [0.25, 0.3) is 0 Å². The molecule has 1 aromatic carbocycles. The monoisotopic (exact) mass is 276 g/mol. The van der Waals surface area contributed by atoms with Gasteiger partial charge in [-0.3, -0.25) is 9.48 Å². The van der Waals surface area contributed by atoms with Crippen molar-refractivity contribution < 1.29 is 4.79 Å². The first kappa shape index (κ1) is 12.0. The standard InChI is InChI=1S/C13H13ClN4O/c1-18-9(2-3-16-18)7-15-12-4-8-5-13(19)17-11(8)6-10(12)14/h2-4,6,15H,5,7H2,1H3,(H,17,19). The van der Waals surface area contributed by atoms with Crippen molar-refractivity contribution in [3.63, 3.8) is 0 Å². The molecule has 2 heterocycles. The van der Waals surface area contributed by atoms with Crippen LogP contribution in [-0.4, -0.2) is 15.7 Å².